The zero-order valence-electron chi connectivity index (χ0n) is 14.0. The van der Waals surface area contributed by atoms with Crippen molar-refractivity contribution in [1.29, 1.82) is 0 Å². The van der Waals surface area contributed by atoms with Gasteiger partial charge in [-0.25, -0.2) is 0 Å². The molecule has 1 aromatic rings. The van der Waals surface area contributed by atoms with Crippen molar-refractivity contribution in [3.63, 3.8) is 0 Å². The van der Waals surface area contributed by atoms with Crippen LogP contribution in [0.4, 0.5) is 5.69 Å². The number of carbonyl (C=O) groups is 1. The molecule has 0 bridgehead atoms. The summed E-state index contributed by atoms with van der Waals surface area (Å²) in [6, 6.07) is 8.17. The Balaban J connectivity index is 0.00000264. The predicted octanol–water partition coefficient (Wildman–Crippen LogP) is 2.55. The molecule has 1 aromatic carbocycles. The molecule has 128 valence electrons. The van der Waals surface area contributed by atoms with E-state index in [0.29, 0.717) is 6.42 Å². The van der Waals surface area contributed by atoms with Crippen LogP contribution in [0.2, 0.25) is 0 Å². The number of hydrogen-bond donors (Lipinski definition) is 2. The van der Waals surface area contributed by atoms with E-state index in [0.717, 1.165) is 50.5 Å². The highest BCUT2D eigenvalue weighted by atomic mass is 127. The number of halogens is 1. The Morgan fingerprint density at radius 2 is 2.00 bits per heavy atom. The third-order valence-corrected chi connectivity index (χ3v) is 3.81. The van der Waals surface area contributed by atoms with Gasteiger partial charge in [0.25, 0.3) is 0 Å². The molecule has 1 aliphatic rings. The van der Waals surface area contributed by atoms with Crippen molar-refractivity contribution in [2.75, 3.05) is 31.6 Å². The minimum atomic E-state index is 0. The van der Waals surface area contributed by atoms with E-state index in [4.69, 9.17) is 0 Å². The third kappa shape index (κ3) is 5.67. The maximum atomic E-state index is 12.3. The van der Waals surface area contributed by atoms with E-state index >= 15 is 0 Å². The highest BCUT2D eigenvalue weighted by Crippen LogP contribution is 2.27. The van der Waals surface area contributed by atoms with Gasteiger partial charge in [0.1, 0.15) is 0 Å². The van der Waals surface area contributed by atoms with E-state index in [2.05, 4.69) is 28.6 Å². The number of hydrogen-bond acceptors (Lipinski definition) is 2. The second-order valence-electron chi connectivity index (χ2n) is 5.45. The molecule has 6 heteroatoms. The fraction of sp³-hybridized carbons (Fsp3) is 0.529. The van der Waals surface area contributed by atoms with Crippen LogP contribution in [0.5, 0.6) is 0 Å². The number of carbonyl (C=O) groups excluding carboxylic acids is 1. The molecule has 2 rings (SSSR count). The van der Waals surface area contributed by atoms with Gasteiger partial charge in [-0.2, -0.15) is 0 Å². The lowest BCUT2D eigenvalue weighted by atomic mass is 10.2. The van der Waals surface area contributed by atoms with Gasteiger partial charge in [-0.1, -0.05) is 25.1 Å². The Labute approximate surface area is 156 Å². The van der Waals surface area contributed by atoms with Crippen LogP contribution in [-0.2, 0) is 11.2 Å². The molecule has 0 aliphatic carbocycles. The summed E-state index contributed by atoms with van der Waals surface area (Å²) in [5, 5.41) is 6.46. The monoisotopic (exact) mass is 430 g/mol. The molecule has 1 heterocycles. The predicted molar refractivity (Wildman–Crippen MR) is 107 cm³/mol. The topological polar surface area (TPSA) is 56.7 Å². The Morgan fingerprint density at radius 3 is 2.74 bits per heavy atom. The lowest BCUT2D eigenvalue weighted by molar-refractivity contribution is -0.118. The standard InChI is InChI=1S/C17H26N4O.HI/c1-3-11-19-17(18-2)20-12-6-9-16(22)21-13-10-14-7-4-5-8-15(14)21;/h4-5,7-8H,3,6,9-13H2,1-2H3,(H2,18,19,20);1H. The molecule has 5 nitrogen and oxygen atoms in total. The molecule has 0 atom stereocenters. The van der Waals surface area contributed by atoms with E-state index in [9.17, 15) is 4.79 Å². The Hall–Kier alpha value is -1.31. The van der Waals surface area contributed by atoms with E-state index in [1.54, 1.807) is 7.05 Å². The third-order valence-electron chi connectivity index (χ3n) is 3.81. The molecule has 0 saturated carbocycles. The molecule has 0 radical (unpaired) electrons. The SMILES string of the molecule is CCCNC(=NC)NCCCC(=O)N1CCc2ccccc21.I. The van der Waals surface area contributed by atoms with Crippen LogP contribution in [0.15, 0.2) is 29.3 Å². The number of aliphatic imine (C=N–C) groups is 1. The molecule has 1 aliphatic heterocycles. The first kappa shape index (κ1) is 19.7. The maximum absolute atomic E-state index is 12.3. The maximum Gasteiger partial charge on any atom is 0.227 e. The van der Waals surface area contributed by atoms with Crippen molar-refractivity contribution in [2.24, 2.45) is 4.99 Å². The lowest BCUT2D eigenvalue weighted by Crippen LogP contribution is -2.38. The molecular weight excluding hydrogens is 403 g/mol. The van der Waals surface area contributed by atoms with Crippen LogP contribution in [0.25, 0.3) is 0 Å². The zero-order chi connectivity index (χ0) is 15.8. The largest absolute Gasteiger partial charge is 0.356 e. The Bertz CT molecular complexity index is 533. The van der Waals surface area contributed by atoms with Crippen LogP contribution in [0, 0.1) is 0 Å². The zero-order valence-corrected chi connectivity index (χ0v) is 16.3. The average molecular weight is 430 g/mol. The van der Waals surface area contributed by atoms with E-state index in [1.165, 1.54) is 5.56 Å². The van der Waals surface area contributed by atoms with Gasteiger partial charge >= 0.3 is 0 Å². The van der Waals surface area contributed by atoms with Crippen LogP contribution < -0.4 is 15.5 Å². The minimum absolute atomic E-state index is 0. The molecule has 0 unspecified atom stereocenters. The van der Waals surface area contributed by atoms with Crippen LogP contribution >= 0.6 is 24.0 Å². The number of anilines is 1. The summed E-state index contributed by atoms with van der Waals surface area (Å²) in [6.07, 6.45) is 3.40. The van der Waals surface area contributed by atoms with Crippen molar-refractivity contribution in [3.8, 4) is 0 Å². The molecule has 23 heavy (non-hydrogen) atoms. The average Bonchev–Trinajstić information content (AvgIpc) is 2.98. The molecule has 0 spiro atoms. The van der Waals surface area contributed by atoms with Crippen molar-refractivity contribution in [3.05, 3.63) is 29.8 Å². The first-order valence-electron chi connectivity index (χ1n) is 8.09. The summed E-state index contributed by atoms with van der Waals surface area (Å²) in [6.45, 7) is 4.59. The van der Waals surface area contributed by atoms with Crippen molar-refractivity contribution < 1.29 is 4.79 Å². The summed E-state index contributed by atoms with van der Waals surface area (Å²) in [7, 11) is 1.76. The number of rotatable bonds is 6. The summed E-state index contributed by atoms with van der Waals surface area (Å²) in [5.74, 6) is 1.02. The number of amides is 1. The number of guanidine groups is 1. The molecule has 0 aromatic heterocycles. The molecule has 0 saturated heterocycles. The van der Waals surface area contributed by atoms with Crippen molar-refractivity contribution in [1.82, 2.24) is 10.6 Å². The normalized spacial score (nSPS) is 13.3. The highest BCUT2D eigenvalue weighted by molar-refractivity contribution is 14.0. The van der Waals surface area contributed by atoms with E-state index in [-0.39, 0.29) is 29.9 Å². The second-order valence-corrected chi connectivity index (χ2v) is 5.45. The summed E-state index contributed by atoms with van der Waals surface area (Å²) in [4.78, 5) is 18.4. The number of para-hydroxylation sites is 1. The Kier molecular flexibility index (Phi) is 8.98. The van der Waals surface area contributed by atoms with E-state index in [1.807, 2.05) is 23.1 Å². The van der Waals surface area contributed by atoms with Crippen molar-refractivity contribution in [2.45, 2.75) is 32.6 Å². The van der Waals surface area contributed by atoms with Crippen LogP contribution in [-0.4, -0.2) is 38.5 Å². The van der Waals surface area contributed by atoms with Gasteiger partial charge < -0.3 is 15.5 Å². The van der Waals surface area contributed by atoms with E-state index < -0.39 is 0 Å². The molecular formula is C17H27IN4O. The van der Waals surface area contributed by atoms with Crippen LogP contribution in [0.1, 0.15) is 31.7 Å². The summed E-state index contributed by atoms with van der Waals surface area (Å²) < 4.78 is 0. The Morgan fingerprint density at radius 1 is 1.26 bits per heavy atom. The van der Waals surface area contributed by atoms with Gasteiger partial charge in [-0.05, 0) is 30.9 Å². The molecule has 0 fully saturated rings. The molecule has 1 amide bonds. The van der Waals surface area contributed by atoms with Gasteiger partial charge in [0.05, 0.1) is 0 Å². The van der Waals surface area contributed by atoms with Gasteiger partial charge in [-0.3, -0.25) is 9.79 Å². The van der Waals surface area contributed by atoms with Gasteiger partial charge in [0.15, 0.2) is 5.96 Å². The summed E-state index contributed by atoms with van der Waals surface area (Å²) >= 11 is 0. The van der Waals surface area contributed by atoms with Crippen molar-refractivity contribution >= 4 is 41.5 Å². The van der Waals surface area contributed by atoms with Crippen LogP contribution in [0.3, 0.4) is 0 Å². The number of nitrogens with zero attached hydrogens (tertiary/aromatic N) is 2. The fourth-order valence-electron chi connectivity index (χ4n) is 2.64. The lowest BCUT2D eigenvalue weighted by Gasteiger charge is -2.17. The second kappa shape index (κ2) is 10.5. The number of nitrogens with one attached hydrogen (secondary N) is 2. The summed E-state index contributed by atoms with van der Waals surface area (Å²) in [5.41, 5.74) is 2.36. The van der Waals surface area contributed by atoms with Gasteiger partial charge in [-0.15, -0.1) is 24.0 Å². The fourth-order valence-corrected chi connectivity index (χ4v) is 2.64. The number of benzene rings is 1. The quantitative estimate of drug-likeness (QED) is 0.316. The first-order valence-corrected chi connectivity index (χ1v) is 8.09. The highest BCUT2D eigenvalue weighted by Gasteiger charge is 2.23. The van der Waals surface area contributed by atoms with Gasteiger partial charge in [0, 0.05) is 38.8 Å². The van der Waals surface area contributed by atoms with Gasteiger partial charge in [0.2, 0.25) is 5.91 Å². The smallest absolute Gasteiger partial charge is 0.227 e. The molecule has 2 N–H and O–H groups in total. The minimum Gasteiger partial charge on any atom is -0.356 e. The number of fused-ring (bicyclic) bond motifs is 1. The first-order chi connectivity index (χ1) is 10.8.